The number of likely N-dealkylation sites (tertiary alicyclic amines) is 1. The lowest BCUT2D eigenvalue weighted by molar-refractivity contribution is 0.0726. The van der Waals surface area contributed by atoms with Crippen molar-refractivity contribution in [2.24, 2.45) is 0 Å². The summed E-state index contributed by atoms with van der Waals surface area (Å²) in [5.74, 6) is -0.364. The summed E-state index contributed by atoms with van der Waals surface area (Å²) in [5.41, 5.74) is 2.57. The highest BCUT2D eigenvalue weighted by atomic mass is 19.1. The van der Waals surface area contributed by atoms with Crippen molar-refractivity contribution < 1.29 is 9.18 Å². The Morgan fingerprint density at radius 1 is 1.15 bits per heavy atom. The topological polar surface area (TPSA) is 59.0 Å². The van der Waals surface area contributed by atoms with E-state index >= 15 is 0 Å². The van der Waals surface area contributed by atoms with Crippen molar-refractivity contribution in [1.82, 2.24) is 19.9 Å². The average molecular weight is 362 g/mol. The fourth-order valence-electron chi connectivity index (χ4n) is 3.49. The van der Waals surface area contributed by atoms with Crippen LogP contribution in [0.2, 0.25) is 0 Å². The fraction of sp³-hybridized carbons (Fsp3) is 0.238. The molecule has 1 amide bonds. The van der Waals surface area contributed by atoms with Crippen molar-refractivity contribution in [2.45, 2.75) is 25.3 Å². The van der Waals surface area contributed by atoms with E-state index in [1.807, 2.05) is 24.3 Å². The van der Waals surface area contributed by atoms with Crippen LogP contribution in [-0.4, -0.2) is 32.3 Å². The third-order valence-corrected chi connectivity index (χ3v) is 4.80. The van der Waals surface area contributed by atoms with Crippen LogP contribution in [0, 0.1) is 5.82 Å². The SMILES string of the molecule is O=C(c1cnccn1)N1CCC[C@H]1c1cccc(Cc2ccccc2F)n1. The zero-order valence-corrected chi connectivity index (χ0v) is 14.8. The molecule has 1 atom stereocenters. The van der Waals surface area contributed by atoms with Crippen molar-refractivity contribution in [2.75, 3.05) is 6.54 Å². The number of hydrogen-bond donors (Lipinski definition) is 0. The first-order chi connectivity index (χ1) is 13.2. The minimum absolute atomic E-state index is 0.0972. The normalized spacial score (nSPS) is 16.5. The van der Waals surface area contributed by atoms with Gasteiger partial charge in [0.1, 0.15) is 11.5 Å². The summed E-state index contributed by atoms with van der Waals surface area (Å²) < 4.78 is 13.9. The van der Waals surface area contributed by atoms with E-state index in [1.54, 1.807) is 23.2 Å². The van der Waals surface area contributed by atoms with E-state index in [9.17, 15) is 9.18 Å². The van der Waals surface area contributed by atoms with Gasteiger partial charge in [0.15, 0.2) is 0 Å². The molecule has 0 unspecified atom stereocenters. The molecule has 0 aliphatic carbocycles. The lowest BCUT2D eigenvalue weighted by Gasteiger charge is -2.24. The molecule has 0 spiro atoms. The van der Waals surface area contributed by atoms with Crippen molar-refractivity contribution in [3.63, 3.8) is 0 Å². The standard InChI is InChI=1S/C21H19FN4O/c22-17-7-2-1-5-15(17)13-16-6-3-8-18(25-16)20-9-4-12-26(20)21(27)19-14-23-10-11-24-19/h1-3,5-8,10-11,14,20H,4,9,12-13H2/t20-/m0/s1. The lowest BCUT2D eigenvalue weighted by atomic mass is 10.1. The van der Waals surface area contributed by atoms with E-state index in [0.717, 1.165) is 24.2 Å². The molecule has 4 rings (SSSR count). The molecule has 0 radical (unpaired) electrons. The van der Waals surface area contributed by atoms with Gasteiger partial charge in [0.25, 0.3) is 5.91 Å². The predicted molar refractivity (Wildman–Crippen MR) is 98.5 cm³/mol. The number of benzene rings is 1. The Morgan fingerprint density at radius 2 is 2.04 bits per heavy atom. The Hall–Kier alpha value is -3.15. The number of hydrogen-bond acceptors (Lipinski definition) is 4. The molecular formula is C21H19FN4O. The van der Waals surface area contributed by atoms with Crippen LogP contribution in [0.3, 0.4) is 0 Å². The molecular weight excluding hydrogens is 343 g/mol. The number of pyridine rings is 1. The Morgan fingerprint density at radius 3 is 2.85 bits per heavy atom. The molecule has 1 aliphatic rings. The predicted octanol–water partition coefficient (Wildman–Crippen LogP) is 3.58. The van der Waals surface area contributed by atoms with Crippen LogP contribution < -0.4 is 0 Å². The van der Waals surface area contributed by atoms with E-state index in [2.05, 4.69) is 9.97 Å². The smallest absolute Gasteiger partial charge is 0.274 e. The summed E-state index contributed by atoms with van der Waals surface area (Å²) in [6.45, 7) is 0.666. The van der Waals surface area contributed by atoms with Crippen LogP contribution in [0.4, 0.5) is 4.39 Å². The van der Waals surface area contributed by atoms with Crippen molar-refractivity contribution >= 4 is 5.91 Å². The monoisotopic (exact) mass is 362 g/mol. The Balaban J connectivity index is 1.57. The average Bonchev–Trinajstić information content (AvgIpc) is 3.20. The van der Waals surface area contributed by atoms with Gasteiger partial charge in [-0.1, -0.05) is 24.3 Å². The van der Waals surface area contributed by atoms with Gasteiger partial charge in [-0.15, -0.1) is 0 Å². The summed E-state index contributed by atoms with van der Waals surface area (Å²) in [6.07, 6.45) is 6.74. The van der Waals surface area contributed by atoms with E-state index in [1.165, 1.54) is 18.5 Å². The highest BCUT2D eigenvalue weighted by Gasteiger charge is 2.32. The first-order valence-corrected chi connectivity index (χ1v) is 8.98. The molecule has 27 heavy (non-hydrogen) atoms. The molecule has 3 heterocycles. The van der Waals surface area contributed by atoms with Crippen molar-refractivity contribution in [3.05, 3.63) is 89.5 Å². The maximum Gasteiger partial charge on any atom is 0.274 e. The first kappa shape index (κ1) is 17.3. The number of halogens is 1. The van der Waals surface area contributed by atoms with Crippen LogP contribution in [0.25, 0.3) is 0 Å². The second-order valence-electron chi connectivity index (χ2n) is 6.57. The molecule has 2 aromatic heterocycles. The molecule has 136 valence electrons. The number of rotatable bonds is 4. The summed E-state index contributed by atoms with van der Waals surface area (Å²) in [7, 11) is 0. The summed E-state index contributed by atoms with van der Waals surface area (Å²) in [6, 6.07) is 12.4. The van der Waals surface area contributed by atoms with Gasteiger partial charge >= 0.3 is 0 Å². The number of aromatic nitrogens is 3. The summed E-state index contributed by atoms with van der Waals surface area (Å²) >= 11 is 0. The molecule has 0 bridgehead atoms. The van der Waals surface area contributed by atoms with E-state index in [0.29, 0.717) is 24.2 Å². The molecule has 5 nitrogen and oxygen atoms in total. The molecule has 0 N–H and O–H groups in total. The summed E-state index contributed by atoms with van der Waals surface area (Å²) in [4.78, 5) is 27.4. The molecule has 3 aromatic rings. The van der Waals surface area contributed by atoms with E-state index in [4.69, 9.17) is 4.98 Å². The Bertz CT molecular complexity index is 948. The Labute approximate surface area is 156 Å². The Kier molecular flexibility index (Phi) is 4.87. The molecule has 6 heteroatoms. The maximum absolute atomic E-state index is 13.9. The molecule has 1 aromatic carbocycles. The van der Waals surface area contributed by atoms with E-state index < -0.39 is 0 Å². The van der Waals surface area contributed by atoms with Crippen molar-refractivity contribution in [1.29, 1.82) is 0 Å². The second kappa shape index (κ2) is 7.61. The van der Waals surface area contributed by atoms with Crippen LogP contribution in [0.15, 0.2) is 61.1 Å². The van der Waals surface area contributed by atoms with Gasteiger partial charge in [-0.2, -0.15) is 0 Å². The number of nitrogens with zero attached hydrogens (tertiary/aromatic N) is 4. The van der Waals surface area contributed by atoms with Crippen LogP contribution >= 0.6 is 0 Å². The van der Waals surface area contributed by atoms with E-state index in [-0.39, 0.29) is 17.8 Å². The second-order valence-corrected chi connectivity index (χ2v) is 6.57. The van der Waals surface area contributed by atoms with Gasteiger partial charge in [0.2, 0.25) is 0 Å². The van der Waals surface area contributed by atoms with Gasteiger partial charge in [0, 0.05) is 31.1 Å². The first-order valence-electron chi connectivity index (χ1n) is 8.98. The maximum atomic E-state index is 13.9. The minimum Gasteiger partial charge on any atom is -0.329 e. The third-order valence-electron chi connectivity index (χ3n) is 4.80. The fourth-order valence-corrected chi connectivity index (χ4v) is 3.49. The largest absolute Gasteiger partial charge is 0.329 e. The van der Waals surface area contributed by atoms with Gasteiger partial charge in [-0.05, 0) is 36.6 Å². The zero-order chi connectivity index (χ0) is 18.6. The number of amides is 1. The highest BCUT2D eigenvalue weighted by molar-refractivity contribution is 5.92. The molecule has 1 fully saturated rings. The van der Waals surface area contributed by atoms with Crippen LogP contribution in [0.1, 0.15) is 46.3 Å². The van der Waals surface area contributed by atoms with Crippen LogP contribution in [0.5, 0.6) is 0 Å². The van der Waals surface area contributed by atoms with Gasteiger partial charge in [0.05, 0.1) is 17.9 Å². The van der Waals surface area contributed by atoms with Gasteiger partial charge in [-0.3, -0.25) is 14.8 Å². The lowest BCUT2D eigenvalue weighted by Crippen LogP contribution is -2.31. The quantitative estimate of drug-likeness (QED) is 0.712. The number of carbonyl (C=O) groups excluding carboxylic acids is 1. The number of carbonyl (C=O) groups is 1. The van der Waals surface area contributed by atoms with Gasteiger partial charge < -0.3 is 4.90 Å². The zero-order valence-electron chi connectivity index (χ0n) is 14.8. The molecule has 0 saturated carbocycles. The molecule has 1 saturated heterocycles. The minimum atomic E-state index is -0.231. The van der Waals surface area contributed by atoms with Crippen LogP contribution in [-0.2, 0) is 6.42 Å². The summed E-state index contributed by atoms with van der Waals surface area (Å²) in [5, 5.41) is 0. The van der Waals surface area contributed by atoms with Crippen molar-refractivity contribution in [3.8, 4) is 0 Å². The third kappa shape index (κ3) is 3.69. The molecule has 1 aliphatic heterocycles. The highest BCUT2D eigenvalue weighted by Crippen LogP contribution is 2.32. The van der Waals surface area contributed by atoms with Gasteiger partial charge in [-0.25, -0.2) is 9.37 Å².